The van der Waals surface area contributed by atoms with Gasteiger partial charge < -0.3 is 26.7 Å². The highest BCUT2D eigenvalue weighted by molar-refractivity contribution is 5.99. The summed E-state index contributed by atoms with van der Waals surface area (Å²) >= 11 is 0. The maximum atomic E-state index is 13.6. The average Bonchev–Trinajstić information content (AvgIpc) is 3.30. The third kappa shape index (κ3) is 4.69. The van der Waals surface area contributed by atoms with E-state index in [1.54, 1.807) is 6.07 Å². The Kier molecular flexibility index (Phi) is 5.80. The normalized spacial score (nSPS) is 17.7. The number of halogens is 1. The Morgan fingerprint density at radius 1 is 1.48 bits per heavy atom. The van der Waals surface area contributed by atoms with E-state index in [0.717, 1.165) is 17.5 Å². The van der Waals surface area contributed by atoms with Crippen LogP contribution in [0.1, 0.15) is 54.9 Å². The first kappa shape index (κ1) is 20.7. The van der Waals surface area contributed by atoms with E-state index in [2.05, 4.69) is 26.1 Å². The molecular weight excluding hydrogens is 383 g/mol. The van der Waals surface area contributed by atoms with Crippen LogP contribution in [0.15, 0.2) is 28.0 Å². The molecule has 10 nitrogen and oxygen atoms in total. The molecule has 1 aliphatic carbocycles. The molecule has 1 heterocycles. The molecule has 29 heavy (non-hydrogen) atoms. The van der Waals surface area contributed by atoms with Crippen LogP contribution in [-0.4, -0.2) is 44.5 Å². The molecule has 2 atom stereocenters. The van der Waals surface area contributed by atoms with Crippen molar-refractivity contribution in [3.05, 3.63) is 46.5 Å². The predicted molar refractivity (Wildman–Crippen MR) is 99.5 cm³/mol. The number of hydrogen-bond donors (Lipinski definition) is 5. The van der Waals surface area contributed by atoms with Crippen LogP contribution >= 0.6 is 0 Å². The summed E-state index contributed by atoms with van der Waals surface area (Å²) in [6.45, 7) is 3.04. The van der Waals surface area contributed by atoms with E-state index in [0.29, 0.717) is 6.42 Å². The van der Waals surface area contributed by atoms with Gasteiger partial charge in [-0.1, -0.05) is 16.4 Å². The lowest BCUT2D eigenvalue weighted by Crippen LogP contribution is -2.43. The zero-order valence-corrected chi connectivity index (χ0v) is 16.0. The number of hydrogen-bond acceptors (Lipinski definition) is 8. The number of aromatic nitrogens is 2. The van der Waals surface area contributed by atoms with Gasteiger partial charge in [0.05, 0.1) is 11.6 Å². The monoisotopic (exact) mass is 406 g/mol. The van der Waals surface area contributed by atoms with Gasteiger partial charge in [-0.2, -0.15) is 0 Å². The van der Waals surface area contributed by atoms with Gasteiger partial charge in [-0.3, -0.25) is 4.79 Å². The minimum atomic E-state index is -1.27. The molecule has 0 bridgehead atoms. The molecule has 1 amide bonds. The molecule has 0 saturated heterocycles. The van der Waals surface area contributed by atoms with E-state index in [1.165, 1.54) is 26.0 Å². The first-order chi connectivity index (χ1) is 13.7. The summed E-state index contributed by atoms with van der Waals surface area (Å²) < 4.78 is 18.3. The molecule has 1 aromatic carbocycles. The van der Waals surface area contributed by atoms with Crippen molar-refractivity contribution < 1.29 is 24.1 Å². The van der Waals surface area contributed by atoms with Gasteiger partial charge in [0.15, 0.2) is 11.5 Å². The molecule has 2 aromatic rings. The smallest absolute Gasteiger partial charge is 0.243 e. The number of amides is 1. The van der Waals surface area contributed by atoms with E-state index >= 15 is 0 Å². The molecule has 11 heteroatoms. The maximum Gasteiger partial charge on any atom is 0.243 e. The molecule has 1 aliphatic rings. The second kappa shape index (κ2) is 8.13. The molecule has 0 fully saturated rings. The van der Waals surface area contributed by atoms with Crippen molar-refractivity contribution in [2.75, 3.05) is 6.54 Å². The summed E-state index contributed by atoms with van der Waals surface area (Å²) in [5.74, 6) is -1.09. The van der Waals surface area contributed by atoms with Gasteiger partial charge in [0.1, 0.15) is 17.6 Å². The van der Waals surface area contributed by atoms with Crippen molar-refractivity contribution >= 4 is 11.7 Å². The number of benzene rings is 1. The predicted octanol–water partition coefficient (Wildman–Crippen LogP) is 0.509. The minimum Gasteiger partial charge on any atom is -0.409 e. The van der Waals surface area contributed by atoms with Gasteiger partial charge in [0.25, 0.3) is 0 Å². The fourth-order valence-electron chi connectivity index (χ4n) is 3.13. The summed E-state index contributed by atoms with van der Waals surface area (Å²) in [5, 5.41) is 35.2. The lowest BCUT2D eigenvalue weighted by atomic mass is 10.1. The van der Waals surface area contributed by atoms with Gasteiger partial charge >= 0.3 is 0 Å². The minimum absolute atomic E-state index is 0.0240. The summed E-state index contributed by atoms with van der Waals surface area (Å²) in [5.41, 5.74) is 6.47. The highest BCUT2D eigenvalue weighted by atomic mass is 19.1. The number of oxime groups is 1. The number of aliphatic hydroxyl groups is 1. The van der Waals surface area contributed by atoms with Gasteiger partial charge in [0, 0.05) is 6.54 Å². The number of nitrogens with one attached hydrogen (secondary N) is 2. The number of carbonyl (C=O) groups excluding carboxylic acids is 1. The summed E-state index contributed by atoms with van der Waals surface area (Å²) in [6.07, 6.45) is 1.38. The van der Waals surface area contributed by atoms with E-state index in [9.17, 15) is 19.5 Å². The second-order valence-electron chi connectivity index (χ2n) is 7.53. The lowest BCUT2D eigenvalue weighted by molar-refractivity contribution is -0.123. The SMILES string of the molecule is CC(C)(O)CNC(=O)C(N)c1nonc1/C(=N\O)NC1CCc2ccc(F)cc21. The Morgan fingerprint density at radius 2 is 2.24 bits per heavy atom. The molecule has 1 aromatic heterocycles. The summed E-state index contributed by atoms with van der Waals surface area (Å²) in [4.78, 5) is 12.3. The van der Waals surface area contributed by atoms with Crippen LogP contribution in [0.3, 0.4) is 0 Å². The van der Waals surface area contributed by atoms with Crippen molar-refractivity contribution in [3.63, 3.8) is 0 Å². The standard InChI is InChI=1S/C18H23FN6O4/c1-18(2,27)8-21-17(26)13(20)14-15(25-29-24-14)16(23-28)22-12-6-4-9-3-5-10(19)7-11(9)12/h3,5,7,12-13,27-28H,4,6,8,20H2,1-2H3,(H,21,26)(H,22,23). The molecule has 3 rings (SSSR count). The third-order valence-corrected chi connectivity index (χ3v) is 4.61. The highest BCUT2D eigenvalue weighted by Crippen LogP contribution is 2.32. The van der Waals surface area contributed by atoms with E-state index in [1.807, 2.05) is 0 Å². The van der Waals surface area contributed by atoms with Crippen LogP contribution in [0, 0.1) is 5.82 Å². The molecule has 2 unspecified atom stereocenters. The van der Waals surface area contributed by atoms with E-state index in [4.69, 9.17) is 10.4 Å². The summed E-state index contributed by atoms with van der Waals surface area (Å²) in [7, 11) is 0. The van der Waals surface area contributed by atoms with Crippen molar-refractivity contribution in [1.82, 2.24) is 20.9 Å². The van der Waals surface area contributed by atoms with E-state index in [-0.39, 0.29) is 35.6 Å². The zero-order chi connectivity index (χ0) is 21.2. The highest BCUT2D eigenvalue weighted by Gasteiger charge is 2.31. The molecule has 156 valence electrons. The van der Waals surface area contributed by atoms with Crippen molar-refractivity contribution in [2.24, 2.45) is 10.9 Å². The van der Waals surface area contributed by atoms with Gasteiger partial charge in [-0.05, 0) is 55.1 Å². The lowest BCUT2D eigenvalue weighted by Gasteiger charge is -2.19. The Bertz CT molecular complexity index is 923. The van der Waals surface area contributed by atoms with Crippen LogP contribution in [0.25, 0.3) is 0 Å². The molecule has 0 radical (unpaired) electrons. The van der Waals surface area contributed by atoms with Gasteiger partial charge in [-0.15, -0.1) is 0 Å². The molecule has 0 saturated carbocycles. The Labute approximate surface area is 165 Å². The number of rotatable bonds is 6. The Balaban J connectivity index is 1.77. The van der Waals surface area contributed by atoms with Crippen LogP contribution in [0.2, 0.25) is 0 Å². The van der Waals surface area contributed by atoms with Gasteiger partial charge in [0.2, 0.25) is 5.91 Å². The topological polar surface area (TPSA) is 159 Å². The number of amidine groups is 1. The zero-order valence-electron chi connectivity index (χ0n) is 16.0. The van der Waals surface area contributed by atoms with Crippen LogP contribution in [-0.2, 0) is 11.2 Å². The van der Waals surface area contributed by atoms with E-state index < -0.39 is 17.6 Å². The number of nitrogens with zero attached hydrogens (tertiary/aromatic N) is 3. The number of fused-ring (bicyclic) bond motifs is 1. The Hall–Kier alpha value is -3.05. The van der Waals surface area contributed by atoms with Crippen molar-refractivity contribution in [1.29, 1.82) is 0 Å². The van der Waals surface area contributed by atoms with Gasteiger partial charge in [-0.25, -0.2) is 9.02 Å². The van der Waals surface area contributed by atoms with Crippen molar-refractivity contribution in [2.45, 2.75) is 44.4 Å². The quantitative estimate of drug-likeness (QED) is 0.201. The second-order valence-corrected chi connectivity index (χ2v) is 7.53. The number of carbonyl (C=O) groups is 1. The fourth-order valence-corrected chi connectivity index (χ4v) is 3.13. The first-order valence-electron chi connectivity index (χ1n) is 9.05. The third-order valence-electron chi connectivity index (χ3n) is 4.61. The first-order valence-corrected chi connectivity index (χ1v) is 9.05. The van der Waals surface area contributed by atoms with Crippen LogP contribution < -0.4 is 16.4 Å². The number of aryl methyl sites for hydroxylation is 1. The largest absolute Gasteiger partial charge is 0.409 e. The molecule has 0 spiro atoms. The fraction of sp³-hybridized carbons (Fsp3) is 0.444. The maximum absolute atomic E-state index is 13.6. The molecule has 6 N–H and O–H groups in total. The molecular formula is C18H23FN6O4. The molecule has 0 aliphatic heterocycles. The Morgan fingerprint density at radius 3 is 2.93 bits per heavy atom. The summed E-state index contributed by atoms with van der Waals surface area (Å²) in [6, 6.07) is 2.94. The van der Waals surface area contributed by atoms with Crippen molar-refractivity contribution in [3.8, 4) is 0 Å². The average molecular weight is 406 g/mol. The van der Waals surface area contributed by atoms with Crippen LogP contribution in [0.4, 0.5) is 4.39 Å². The number of nitrogens with two attached hydrogens (primary N) is 1. The van der Waals surface area contributed by atoms with Crippen LogP contribution in [0.5, 0.6) is 0 Å².